The quantitative estimate of drug-likeness (QED) is 0.313. The third-order valence-corrected chi connectivity index (χ3v) is 6.66. The first-order chi connectivity index (χ1) is 15.5. The Morgan fingerprint density at radius 1 is 1.06 bits per heavy atom. The van der Waals surface area contributed by atoms with Gasteiger partial charge >= 0.3 is 0 Å². The zero-order chi connectivity index (χ0) is 22.5. The Bertz CT molecular complexity index is 1180. The summed E-state index contributed by atoms with van der Waals surface area (Å²) in [7, 11) is 1.51. The second-order valence-corrected chi connectivity index (χ2v) is 9.23. The van der Waals surface area contributed by atoms with Crippen LogP contribution in [-0.4, -0.2) is 27.4 Å². The van der Waals surface area contributed by atoms with Gasteiger partial charge in [-0.05, 0) is 69.3 Å². The summed E-state index contributed by atoms with van der Waals surface area (Å²) in [6.07, 6.45) is 1.83. The number of aliphatic imine (C=N–C) groups is 1. The Morgan fingerprint density at radius 2 is 1.72 bits per heavy atom. The largest absolute Gasteiger partial charge is 0.504 e. The molecule has 0 saturated carbocycles. The second kappa shape index (κ2) is 10.2. The summed E-state index contributed by atoms with van der Waals surface area (Å²) in [4.78, 5) is 19.7. The van der Waals surface area contributed by atoms with Gasteiger partial charge in [0, 0.05) is 0 Å². The van der Waals surface area contributed by atoms with Crippen LogP contribution < -0.4 is 4.74 Å². The summed E-state index contributed by atoms with van der Waals surface area (Å²) in [6.45, 7) is 1.03. The second-order valence-electron chi connectivity index (χ2n) is 7.13. The first kappa shape index (κ1) is 22.4. The van der Waals surface area contributed by atoms with Gasteiger partial charge in [0.25, 0.3) is 0 Å². The molecule has 1 fully saturated rings. The number of hydrogen-bond acceptors (Lipinski definition) is 5. The number of amidine groups is 1. The minimum atomic E-state index is -0.0604. The lowest BCUT2D eigenvalue weighted by molar-refractivity contribution is -0.108. The first-order valence-electron chi connectivity index (χ1n) is 9.95. The summed E-state index contributed by atoms with van der Waals surface area (Å²) in [5, 5.41) is 10.8. The molecular formula is C25H21IN2O3S. The molecule has 162 valence electrons. The molecule has 0 aromatic heterocycles. The first-order valence-corrected chi connectivity index (χ1v) is 11.8. The topological polar surface area (TPSA) is 62.1 Å². The Hall–Kier alpha value is -2.78. The van der Waals surface area contributed by atoms with Crippen LogP contribution >= 0.6 is 34.4 Å². The lowest BCUT2D eigenvalue weighted by Gasteiger charge is -2.19. The molecule has 3 aromatic rings. The van der Waals surface area contributed by atoms with Crippen LogP contribution in [-0.2, 0) is 17.9 Å². The number of carbonyl (C=O) groups excluding carboxylic acids is 1. The highest BCUT2D eigenvalue weighted by molar-refractivity contribution is 14.1. The van der Waals surface area contributed by atoms with Gasteiger partial charge in [0.05, 0.1) is 29.5 Å². The van der Waals surface area contributed by atoms with Crippen molar-refractivity contribution < 1.29 is 14.6 Å². The SMILES string of the molecule is COc1cc(/C=C2\C(=O)SC(=NCc3ccccc3)N2Cc2ccccc2)cc(I)c1O. The number of aromatic hydroxyl groups is 1. The van der Waals surface area contributed by atoms with E-state index >= 15 is 0 Å². The van der Waals surface area contributed by atoms with Crippen molar-refractivity contribution in [1.29, 1.82) is 0 Å². The molecule has 4 rings (SSSR count). The molecular weight excluding hydrogens is 535 g/mol. The highest BCUT2D eigenvalue weighted by atomic mass is 127. The smallest absolute Gasteiger partial charge is 0.243 e. The molecule has 7 heteroatoms. The van der Waals surface area contributed by atoms with Crippen LogP contribution in [0.15, 0.2) is 83.5 Å². The normalized spacial score (nSPS) is 16.2. The van der Waals surface area contributed by atoms with E-state index in [1.165, 1.54) is 7.11 Å². The maximum atomic E-state index is 13.0. The van der Waals surface area contributed by atoms with Crippen molar-refractivity contribution in [1.82, 2.24) is 4.90 Å². The third-order valence-electron chi connectivity index (χ3n) is 4.91. The van der Waals surface area contributed by atoms with Gasteiger partial charge in [-0.15, -0.1) is 0 Å². The number of benzene rings is 3. The number of phenols is 1. The van der Waals surface area contributed by atoms with E-state index in [9.17, 15) is 9.90 Å². The Kier molecular flexibility index (Phi) is 7.16. The van der Waals surface area contributed by atoms with Crippen molar-refractivity contribution in [3.8, 4) is 11.5 Å². The van der Waals surface area contributed by atoms with Crippen molar-refractivity contribution in [3.05, 3.63) is 98.8 Å². The van der Waals surface area contributed by atoms with Crippen LogP contribution in [0.3, 0.4) is 0 Å². The fourth-order valence-electron chi connectivity index (χ4n) is 3.31. The molecule has 0 aliphatic carbocycles. The number of phenolic OH excluding ortho intramolecular Hbond substituents is 1. The van der Waals surface area contributed by atoms with Gasteiger partial charge in [0.15, 0.2) is 16.7 Å². The van der Waals surface area contributed by atoms with Crippen LogP contribution in [0.5, 0.6) is 11.5 Å². The zero-order valence-corrected chi connectivity index (χ0v) is 20.3. The molecule has 0 amide bonds. The minimum Gasteiger partial charge on any atom is -0.504 e. The summed E-state index contributed by atoms with van der Waals surface area (Å²) in [6, 6.07) is 23.5. The third kappa shape index (κ3) is 5.16. The molecule has 0 atom stereocenters. The molecule has 0 bridgehead atoms. The van der Waals surface area contributed by atoms with Crippen molar-refractivity contribution in [2.75, 3.05) is 7.11 Å². The molecule has 0 radical (unpaired) electrons. The molecule has 5 nitrogen and oxygen atoms in total. The van der Waals surface area contributed by atoms with Gasteiger partial charge < -0.3 is 14.7 Å². The highest BCUT2D eigenvalue weighted by Gasteiger charge is 2.33. The Balaban J connectivity index is 1.72. The lowest BCUT2D eigenvalue weighted by atomic mass is 10.1. The fourth-order valence-corrected chi connectivity index (χ4v) is 4.78. The summed E-state index contributed by atoms with van der Waals surface area (Å²) < 4.78 is 5.93. The number of rotatable bonds is 6. The molecule has 0 spiro atoms. The van der Waals surface area contributed by atoms with Crippen LogP contribution in [0, 0.1) is 3.57 Å². The maximum absolute atomic E-state index is 13.0. The van der Waals surface area contributed by atoms with E-state index in [1.807, 2.05) is 77.7 Å². The van der Waals surface area contributed by atoms with Crippen LogP contribution in [0.4, 0.5) is 0 Å². The average Bonchev–Trinajstić information content (AvgIpc) is 3.10. The maximum Gasteiger partial charge on any atom is 0.243 e. The summed E-state index contributed by atoms with van der Waals surface area (Å²) in [5.74, 6) is 0.461. The van der Waals surface area contributed by atoms with E-state index in [-0.39, 0.29) is 10.9 Å². The predicted molar refractivity (Wildman–Crippen MR) is 138 cm³/mol. The van der Waals surface area contributed by atoms with Crippen molar-refractivity contribution in [2.45, 2.75) is 13.1 Å². The van der Waals surface area contributed by atoms with E-state index in [0.29, 0.717) is 33.3 Å². The number of thioether (sulfide) groups is 1. The molecule has 3 aromatic carbocycles. The van der Waals surface area contributed by atoms with Gasteiger partial charge in [-0.2, -0.15) is 0 Å². The van der Waals surface area contributed by atoms with E-state index in [4.69, 9.17) is 9.73 Å². The van der Waals surface area contributed by atoms with Crippen molar-refractivity contribution in [2.24, 2.45) is 4.99 Å². The molecule has 1 N–H and O–H groups in total. The van der Waals surface area contributed by atoms with E-state index in [1.54, 1.807) is 6.07 Å². The number of halogens is 1. The monoisotopic (exact) mass is 556 g/mol. The summed E-state index contributed by atoms with van der Waals surface area (Å²) in [5.41, 5.74) is 3.49. The molecule has 1 aliphatic heterocycles. The number of ether oxygens (including phenoxy) is 1. The Labute approximate surface area is 205 Å². The van der Waals surface area contributed by atoms with Crippen LogP contribution in [0.2, 0.25) is 0 Å². The van der Waals surface area contributed by atoms with Gasteiger partial charge in [0.1, 0.15) is 0 Å². The van der Waals surface area contributed by atoms with E-state index < -0.39 is 0 Å². The Morgan fingerprint density at radius 3 is 2.38 bits per heavy atom. The average molecular weight is 556 g/mol. The number of methoxy groups -OCH3 is 1. The number of carbonyl (C=O) groups is 1. The zero-order valence-electron chi connectivity index (χ0n) is 17.4. The van der Waals surface area contributed by atoms with E-state index in [2.05, 4.69) is 22.6 Å². The molecule has 0 unspecified atom stereocenters. The number of hydrogen-bond donors (Lipinski definition) is 1. The molecule has 1 aliphatic rings. The van der Waals surface area contributed by atoms with E-state index in [0.717, 1.165) is 28.5 Å². The number of nitrogens with zero attached hydrogens (tertiary/aromatic N) is 2. The highest BCUT2D eigenvalue weighted by Crippen LogP contribution is 2.36. The minimum absolute atomic E-state index is 0.0604. The van der Waals surface area contributed by atoms with Crippen LogP contribution in [0.1, 0.15) is 16.7 Å². The lowest BCUT2D eigenvalue weighted by Crippen LogP contribution is -2.23. The van der Waals surface area contributed by atoms with Crippen LogP contribution in [0.25, 0.3) is 6.08 Å². The van der Waals surface area contributed by atoms with Gasteiger partial charge in [-0.1, -0.05) is 60.7 Å². The standard InChI is InChI=1S/C25H21IN2O3S/c1-31-22-14-19(12-20(26)23(22)29)13-21-24(30)32-25(27-15-17-8-4-2-5-9-17)28(21)16-18-10-6-3-7-11-18/h2-14,29H,15-16H2,1H3/b21-13+,27-25?. The predicted octanol–water partition coefficient (Wildman–Crippen LogP) is 5.68. The van der Waals surface area contributed by atoms with Crippen molar-refractivity contribution >= 4 is 50.7 Å². The van der Waals surface area contributed by atoms with Gasteiger partial charge in [-0.25, -0.2) is 0 Å². The fraction of sp³-hybridized carbons (Fsp3) is 0.120. The van der Waals surface area contributed by atoms with Crippen molar-refractivity contribution in [3.63, 3.8) is 0 Å². The van der Waals surface area contributed by atoms with Gasteiger partial charge in [0.2, 0.25) is 5.12 Å². The van der Waals surface area contributed by atoms with Gasteiger partial charge in [-0.3, -0.25) is 9.79 Å². The molecule has 1 heterocycles. The molecule has 1 saturated heterocycles. The summed E-state index contributed by atoms with van der Waals surface area (Å²) >= 11 is 3.19. The molecule has 32 heavy (non-hydrogen) atoms.